The van der Waals surface area contributed by atoms with Crippen LogP contribution in [-0.4, -0.2) is 28.6 Å². The molecule has 0 aliphatic carbocycles. The van der Waals surface area contributed by atoms with Gasteiger partial charge in [-0.1, -0.05) is 6.07 Å². The predicted molar refractivity (Wildman–Crippen MR) is 112 cm³/mol. The average molecular weight is 393 g/mol. The van der Waals surface area contributed by atoms with Gasteiger partial charge in [-0.3, -0.25) is 9.69 Å². The van der Waals surface area contributed by atoms with Crippen molar-refractivity contribution in [2.24, 2.45) is 0 Å². The van der Waals surface area contributed by atoms with Crippen LogP contribution in [0.3, 0.4) is 0 Å². The summed E-state index contributed by atoms with van der Waals surface area (Å²) in [6.07, 6.45) is -0.996. The van der Waals surface area contributed by atoms with Gasteiger partial charge in [0.05, 0.1) is 11.6 Å². The van der Waals surface area contributed by atoms with Crippen molar-refractivity contribution in [2.75, 3.05) is 11.4 Å². The lowest BCUT2D eigenvalue weighted by atomic mass is 10.1. The van der Waals surface area contributed by atoms with Gasteiger partial charge in [0.1, 0.15) is 5.75 Å². The van der Waals surface area contributed by atoms with Crippen molar-refractivity contribution < 1.29 is 19.4 Å². The lowest BCUT2D eigenvalue weighted by Crippen LogP contribution is -2.28. The Hall–Kier alpha value is -3.61. The number of anilines is 1. The maximum atomic E-state index is 11.2. The molecular formula is C22H23N3O4. The van der Waals surface area contributed by atoms with E-state index in [4.69, 9.17) is 4.74 Å². The highest BCUT2D eigenvalue weighted by molar-refractivity contribution is 5.86. The highest BCUT2D eigenvalue weighted by Crippen LogP contribution is 2.26. The van der Waals surface area contributed by atoms with E-state index >= 15 is 0 Å². The molecule has 7 heteroatoms. The number of nitrogens with zero attached hydrogens (tertiary/aromatic N) is 2. The van der Waals surface area contributed by atoms with E-state index in [0.717, 1.165) is 16.5 Å². The minimum atomic E-state index is -0.996. The average Bonchev–Trinajstić information content (AvgIpc) is 2.68. The van der Waals surface area contributed by atoms with Gasteiger partial charge < -0.3 is 15.2 Å². The van der Waals surface area contributed by atoms with Crippen molar-refractivity contribution in [3.63, 3.8) is 0 Å². The number of carbonyl (C=O) groups excluding carboxylic acids is 1. The van der Waals surface area contributed by atoms with E-state index in [1.165, 1.54) is 11.8 Å². The molecule has 0 bridgehead atoms. The molecular weight excluding hydrogens is 370 g/mol. The molecule has 3 aromatic rings. The molecule has 1 aromatic heterocycles. The number of hydrogen-bond acceptors (Lipinski definition) is 4. The third kappa shape index (κ3) is 4.82. The SMILES string of the molecule is CCN(C(=O)O)c1ccc(Oc2ccc3cc(C(C)NC(C)=O)ccc3n2)cc1. The van der Waals surface area contributed by atoms with Crippen molar-refractivity contribution in [3.8, 4) is 11.6 Å². The van der Waals surface area contributed by atoms with Crippen LogP contribution < -0.4 is 15.0 Å². The zero-order valence-electron chi connectivity index (χ0n) is 16.5. The Labute approximate surface area is 168 Å². The summed E-state index contributed by atoms with van der Waals surface area (Å²) in [5.41, 5.74) is 2.36. The fraction of sp³-hybridized carbons (Fsp3) is 0.227. The van der Waals surface area contributed by atoms with Gasteiger partial charge >= 0.3 is 6.09 Å². The first-order chi connectivity index (χ1) is 13.9. The number of benzene rings is 2. The van der Waals surface area contributed by atoms with Crippen LogP contribution in [0.1, 0.15) is 32.4 Å². The zero-order valence-corrected chi connectivity index (χ0v) is 16.5. The molecule has 0 spiro atoms. The van der Waals surface area contributed by atoms with E-state index in [1.54, 1.807) is 37.3 Å². The fourth-order valence-corrected chi connectivity index (χ4v) is 3.08. The van der Waals surface area contributed by atoms with Gasteiger partial charge in [-0.2, -0.15) is 0 Å². The Kier molecular flexibility index (Phi) is 5.97. The van der Waals surface area contributed by atoms with Crippen molar-refractivity contribution in [1.82, 2.24) is 10.3 Å². The zero-order chi connectivity index (χ0) is 21.0. The summed E-state index contributed by atoms with van der Waals surface area (Å²) in [5.74, 6) is 0.937. The monoisotopic (exact) mass is 393 g/mol. The van der Waals surface area contributed by atoms with Crippen LogP contribution >= 0.6 is 0 Å². The van der Waals surface area contributed by atoms with Crippen molar-refractivity contribution >= 4 is 28.6 Å². The van der Waals surface area contributed by atoms with Crippen LogP contribution in [0.5, 0.6) is 11.6 Å². The highest BCUT2D eigenvalue weighted by Gasteiger charge is 2.12. The van der Waals surface area contributed by atoms with Crippen molar-refractivity contribution in [1.29, 1.82) is 0 Å². The fourth-order valence-electron chi connectivity index (χ4n) is 3.08. The molecule has 1 atom stereocenters. The van der Waals surface area contributed by atoms with E-state index in [9.17, 15) is 14.7 Å². The van der Waals surface area contributed by atoms with Crippen LogP contribution in [0.15, 0.2) is 54.6 Å². The van der Waals surface area contributed by atoms with E-state index in [0.29, 0.717) is 23.9 Å². The molecule has 2 amide bonds. The number of nitrogens with one attached hydrogen (secondary N) is 1. The second-order valence-electron chi connectivity index (χ2n) is 6.65. The predicted octanol–water partition coefficient (Wildman–Crippen LogP) is 4.73. The summed E-state index contributed by atoms with van der Waals surface area (Å²) in [6.45, 7) is 5.57. The number of fused-ring (bicyclic) bond motifs is 1. The Balaban J connectivity index is 1.77. The lowest BCUT2D eigenvalue weighted by molar-refractivity contribution is -0.119. The van der Waals surface area contributed by atoms with Crippen LogP contribution in [0.4, 0.5) is 10.5 Å². The maximum Gasteiger partial charge on any atom is 0.411 e. The summed E-state index contributed by atoms with van der Waals surface area (Å²) in [7, 11) is 0. The molecule has 1 heterocycles. The number of amides is 2. The van der Waals surface area contributed by atoms with E-state index in [1.807, 2.05) is 31.2 Å². The van der Waals surface area contributed by atoms with Crippen LogP contribution in [0.25, 0.3) is 10.9 Å². The van der Waals surface area contributed by atoms with Crippen LogP contribution in [0, 0.1) is 0 Å². The van der Waals surface area contributed by atoms with E-state index in [2.05, 4.69) is 10.3 Å². The van der Waals surface area contributed by atoms with Crippen LogP contribution in [-0.2, 0) is 4.79 Å². The number of carboxylic acid groups (broad SMARTS) is 1. The third-order valence-electron chi connectivity index (χ3n) is 4.53. The molecule has 2 aromatic carbocycles. The molecule has 1 unspecified atom stereocenters. The Morgan fingerprint density at radius 2 is 1.86 bits per heavy atom. The lowest BCUT2D eigenvalue weighted by Gasteiger charge is -2.17. The van der Waals surface area contributed by atoms with Crippen molar-refractivity contribution in [3.05, 3.63) is 60.2 Å². The Morgan fingerprint density at radius 1 is 1.14 bits per heavy atom. The first kappa shape index (κ1) is 20.1. The van der Waals surface area contributed by atoms with Crippen LogP contribution in [0.2, 0.25) is 0 Å². The molecule has 150 valence electrons. The second kappa shape index (κ2) is 8.60. The molecule has 3 rings (SSSR count). The molecule has 0 fully saturated rings. The summed E-state index contributed by atoms with van der Waals surface area (Å²) in [5, 5.41) is 13.0. The van der Waals surface area contributed by atoms with Gasteiger partial charge in [0.25, 0.3) is 0 Å². The first-order valence-corrected chi connectivity index (χ1v) is 9.33. The molecule has 2 N–H and O–H groups in total. The summed E-state index contributed by atoms with van der Waals surface area (Å²) >= 11 is 0. The molecule has 7 nitrogen and oxygen atoms in total. The maximum absolute atomic E-state index is 11.2. The normalized spacial score (nSPS) is 11.7. The number of hydrogen-bond donors (Lipinski definition) is 2. The van der Waals surface area contributed by atoms with Crippen molar-refractivity contribution in [2.45, 2.75) is 26.8 Å². The van der Waals surface area contributed by atoms with Gasteiger partial charge in [-0.25, -0.2) is 9.78 Å². The summed E-state index contributed by atoms with van der Waals surface area (Å²) < 4.78 is 5.81. The molecule has 0 aliphatic heterocycles. The summed E-state index contributed by atoms with van der Waals surface area (Å²) in [4.78, 5) is 28.2. The Morgan fingerprint density at radius 3 is 2.48 bits per heavy atom. The molecule has 29 heavy (non-hydrogen) atoms. The molecule has 0 radical (unpaired) electrons. The minimum absolute atomic E-state index is 0.0732. The number of carbonyl (C=O) groups is 2. The van der Waals surface area contributed by atoms with E-state index in [-0.39, 0.29) is 11.9 Å². The summed E-state index contributed by atoms with van der Waals surface area (Å²) in [6, 6.07) is 16.2. The van der Waals surface area contributed by atoms with Gasteiger partial charge in [-0.15, -0.1) is 0 Å². The van der Waals surface area contributed by atoms with Gasteiger partial charge in [-0.05, 0) is 61.9 Å². The number of ether oxygens (including phenoxy) is 1. The van der Waals surface area contributed by atoms with Gasteiger partial charge in [0.15, 0.2) is 0 Å². The van der Waals surface area contributed by atoms with Gasteiger partial charge in [0.2, 0.25) is 11.8 Å². The van der Waals surface area contributed by atoms with E-state index < -0.39 is 6.09 Å². The first-order valence-electron chi connectivity index (χ1n) is 9.33. The molecule has 0 aliphatic rings. The highest BCUT2D eigenvalue weighted by atomic mass is 16.5. The topological polar surface area (TPSA) is 91.8 Å². The number of rotatable bonds is 6. The smallest absolute Gasteiger partial charge is 0.411 e. The van der Waals surface area contributed by atoms with Gasteiger partial charge in [0, 0.05) is 30.6 Å². The standard InChI is InChI=1S/C22H23N3O4/c1-4-25(22(27)28)18-7-9-19(10-8-18)29-21-12-6-17-13-16(5-11-20(17)24-21)14(2)23-15(3)26/h5-14H,4H2,1-3H3,(H,23,26)(H,27,28). The third-order valence-corrected chi connectivity index (χ3v) is 4.53. The molecule has 0 saturated carbocycles. The quantitative estimate of drug-likeness (QED) is 0.632. The second-order valence-corrected chi connectivity index (χ2v) is 6.65. The molecule has 0 saturated heterocycles. The largest absolute Gasteiger partial charge is 0.465 e. The minimum Gasteiger partial charge on any atom is -0.465 e. The number of aromatic nitrogens is 1. The Bertz CT molecular complexity index is 1030. The number of pyridine rings is 1.